The van der Waals surface area contributed by atoms with Gasteiger partial charge in [0.25, 0.3) is 0 Å². The lowest BCUT2D eigenvalue weighted by atomic mass is 10.4. The van der Waals surface area contributed by atoms with Crippen LogP contribution in [0, 0.1) is 6.92 Å². The molecule has 13 heavy (non-hydrogen) atoms. The van der Waals surface area contributed by atoms with Gasteiger partial charge in [-0.05, 0) is 20.1 Å². The van der Waals surface area contributed by atoms with Crippen molar-refractivity contribution in [1.82, 2.24) is 4.98 Å². The second kappa shape index (κ2) is 4.62. The van der Waals surface area contributed by atoms with E-state index in [9.17, 15) is 4.79 Å². The van der Waals surface area contributed by atoms with Crippen molar-refractivity contribution in [2.45, 2.75) is 19.1 Å². The van der Waals surface area contributed by atoms with Gasteiger partial charge < -0.3 is 5.32 Å². The summed E-state index contributed by atoms with van der Waals surface area (Å²) in [5.74, 6) is 0.0381. The van der Waals surface area contributed by atoms with Crippen LogP contribution >= 0.6 is 23.1 Å². The third-order valence-corrected chi connectivity index (χ3v) is 3.34. The molecule has 1 N–H and O–H groups in total. The van der Waals surface area contributed by atoms with Crippen LogP contribution < -0.4 is 5.32 Å². The van der Waals surface area contributed by atoms with Gasteiger partial charge in [-0.1, -0.05) is 0 Å². The van der Waals surface area contributed by atoms with Crippen molar-refractivity contribution in [2.75, 3.05) is 11.6 Å². The molecule has 1 atom stereocenters. The Labute approximate surface area is 86.0 Å². The summed E-state index contributed by atoms with van der Waals surface area (Å²) in [6.07, 6.45) is 3.60. The first kappa shape index (κ1) is 10.5. The normalized spacial score (nSPS) is 12.5. The number of aromatic nitrogens is 1. The smallest absolute Gasteiger partial charge is 0.237 e. The summed E-state index contributed by atoms with van der Waals surface area (Å²) in [5, 5.41) is 4.59. The SMILES string of the molecule is CSC(C)C(=O)Nc1cnc(C)s1. The summed E-state index contributed by atoms with van der Waals surface area (Å²) < 4.78 is 0. The highest BCUT2D eigenvalue weighted by molar-refractivity contribution is 7.99. The summed E-state index contributed by atoms with van der Waals surface area (Å²) in [6.45, 7) is 3.80. The first-order valence-corrected chi connectivity index (χ1v) is 6.00. The summed E-state index contributed by atoms with van der Waals surface area (Å²) in [4.78, 5) is 15.5. The number of rotatable bonds is 3. The summed E-state index contributed by atoms with van der Waals surface area (Å²) in [5.41, 5.74) is 0. The monoisotopic (exact) mass is 216 g/mol. The van der Waals surface area contributed by atoms with Gasteiger partial charge in [-0.25, -0.2) is 4.98 Å². The zero-order valence-corrected chi connectivity index (χ0v) is 9.46. The van der Waals surface area contributed by atoms with Crippen LogP contribution in [0.15, 0.2) is 6.20 Å². The van der Waals surface area contributed by atoms with Crippen LogP contribution in [0.25, 0.3) is 0 Å². The Morgan fingerprint density at radius 2 is 2.46 bits per heavy atom. The molecular formula is C8H12N2OS2. The number of carbonyl (C=O) groups is 1. The lowest BCUT2D eigenvalue weighted by Crippen LogP contribution is -2.21. The van der Waals surface area contributed by atoms with Crippen LogP contribution in [-0.4, -0.2) is 22.4 Å². The van der Waals surface area contributed by atoms with Gasteiger partial charge in [0.2, 0.25) is 5.91 Å². The molecule has 0 radical (unpaired) electrons. The maximum Gasteiger partial charge on any atom is 0.237 e. The molecule has 1 rings (SSSR count). The molecule has 1 heterocycles. The number of hydrogen-bond donors (Lipinski definition) is 1. The third-order valence-electron chi connectivity index (χ3n) is 1.59. The fourth-order valence-electron chi connectivity index (χ4n) is 0.749. The highest BCUT2D eigenvalue weighted by Gasteiger charge is 2.11. The topological polar surface area (TPSA) is 42.0 Å². The number of carbonyl (C=O) groups excluding carboxylic acids is 1. The number of nitrogens with one attached hydrogen (secondary N) is 1. The molecule has 72 valence electrons. The number of amides is 1. The molecule has 0 saturated carbocycles. The van der Waals surface area contributed by atoms with E-state index in [4.69, 9.17) is 0 Å². The van der Waals surface area contributed by atoms with Crippen LogP contribution in [0.1, 0.15) is 11.9 Å². The maximum atomic E-state index is 11.4. The molecule has 0 aromatic carbocycles. The second-order valence-electron chi connectivity index (χ2n) is 2.61. The number of anilines is 1. The minimum atomic E-state index is -0.0117. The van der Waals surface area contributed by atoms with E-state index in [0.717, 1.165) is 10.0 Å². The number of thioether (sulfide) groups is 1. The van der Waals surface area contributed by atoms with Gasteiger partial charge in [0.05, 0.1) is 16.5 Å². The molecule has 5 heteroatoms. The van der Waals surface area contributed by atoms with Crippen molar-refractivity contribution in [3.8, 4) is 0 Å². The lowest BCUT2D eigenvalue weighted by molar-refractivity contribution is -0.115. The molecule has 0 bridgehead atoms. The van der Waals surface area contributed by atoms with Crippen LogP contribution in [0.2, 0.25) is 0 Å². The second-order valence-corrected chi connectivity index (χ2v) is 5.02. The molecule has 1 unspecified atom stereocenters. The van der Waals surface area contributed by atoms with Crippen molar-refractivity contribution in [2.24, 2.45) is 0 Å². The van der Waals surface area contributed by atoms with Crippen LogP contribution in [0.3, 0.4) is 0 Å². The predicted molar refractivity (Wildman–Crippen MR) is 58.5 cm³/mol. The van der Waals surface area contributed by atoms with E-state index in [1.807, 2.05) is 20.1 Å². The van der Waals surface area contributed by atoms with Gasteiger partial charge in [0.1, 0.15) is 5.00 Å². The van der Waals surface area contributed by atoms with Crippen molar-refractivity contribution in [3.05, 3.63) is 11.2 Å². The molecule has 0 aliphatic rings. The molecule has 0 aliphatic carbocycles. The standard InChI is InChI=1S/C8H12N2OS2/c1-5(12-3)8(11)10-7-4-9-6(2)13-7/h4-5H,1-3H3,(H,10,11). The minimum absolute atomic E-state index is 0.0117. The van der Waals surface area contributed by atoms with Crippen LogP contribution in [-0.2, 0) is 4.79 Å². The average Bonchev–Trinajstić information content (AvgIpc) is 2.49. The van der Waals surface area contributed by atoms with E-state index in [1.54, 1.807) is 6.20 Å². The summed E-state index contributed by atoms with van der Waals surface area (Å²) >= 11 is 3.02. The van der Waals surface area contributed by atoms with Crippen LogP contribution in [0.4, 0.5) is 5.00 Å². The molecule has 0 spiro atoms. The van der Waals surface area contributed by atoms with E-state index < -0.39 is 0 Å². The zero-order valence-electron chi connectivity index (χ0n) is 7.83. The molecule has 0 aliphatic heterocycles. The van der Waals surface area contributed by atoms with Gasteiger partial charge in [0, 0.05) is 0 Å². The molecule has 0 fully saturated rings. The van der Waals surface area contributed by atoms with E-state index >= 15 is 0 Å². The molecular weight excluding hydrogens is 204 g/mol. The summed E-state index contributed by atoms with van der Waals surface area (Å²) in [6, 6.07) is 0. The predicted octanol–water partition coefficient (Wildman–Crippen LogP) is 2.14. The first-order chi connectivity index (χ1) is 6.13. The fraction of sp³-hybridized carbons (Fsp3) is 0.500. The number of hydrogen-bond acceptors (Lipinski definition) is 4. The van der Waals surface area contributed by atoms with Gasteiger partial charge >= 0.3 is 0 Å². The Bertz CT molecular complexity index is 298. The summed E-state index contributed by atoms with van der Waals surface area (Å²) in [7, 11) is 0. The van der Waals surface area contributed by atoms with E-state index in [0.29, 0.717) is 0 Å². The van der Waals surface area contributed by atoms with Gasteiger partial charge in [0.15, 0.2) is 0 Å². The van der Waals surface area contributed by atoms with Gasteiger partial charge in [-0.3, -0.25) is 4.79 Å². The van der Waals surface area contributed by atoms with Crippen molar-refractivity contribution in [1.29, 1.82) is 0 Å². The Balaban J connectivity index is 2.54. The van der Waals surface area contributed by atoms with E-state index in [-0.39, 0.29) is 11.2 Å². The van der Waals surface area contributed by atoms with Crippen molar-refractivity contribution in [3.63, 3.8) is 0 Å². The molecule has 1 aromatic rings. The Hall–Kier alpha value is -0.550. The maximum absolute atomic E-state index is 11.4. The minimum Gasteiger partial charge on any atom is -0.315 e. The van der Waals surface area contributed by atoms with E-state index in [2.05, 4.69) is 10.3 Å². The number of nitrogens with zero attached hydrogens (tertiary/aromatic N) is 1. The molecule has 0 saturated heterocycles. The van der Waals surface area contributed by atoms with Crippen LogP contribution in [0.5, 0.6) is 0 Å². The number of thiazole rings is 1. The lowest BCUT2D eigenvalue weighted by Gasteiger charge is -2.06. The molecule has 1 aromatic heterocycles. The van der Waals surface area contributed by atoms with Gasteiger partial charge in [-0.15, -0.1) is 11.3 Å². The Morgan fingerprint density at radius 3 is 2.92 bits per heavy atom. The highest BCUT2D eigenvalue weighted by atomic mass is 32.2. The molecule has 1 amide bonds. The van der Waals surface area contributed by atoms with Crippen molar-refractivity contribution >= 4 is 34.0 Å². The zero-order chi connectivity index (χ0) is 9.84. The Morgan fingerprint density at radius 1 is 1.77 bits per heavy atom. The highest BCUT2D eigenvalue weighted by Crippen LogP contribution is 2.18. The average molecular weight is 216 g/mol. The van der Waals surface area contributed by atoms with Gasteiger partial charge in [-0.2, -0.15) is 11.8 Å². The van der Waals surface area contributed by atoms with Crippen molar-refractivity contribution < 1.29 is 4.79 Å². The third kappa shape index (κ3) is 3.00. The van der Waals surface area contributed by atoms with E-state index in [1.165, 1.54) is 23.1 Å². The largest absolute Gasteiger partial charge is 0.315 e. The quantitative estimate of drug-likeness (QED) is 0.841. The number of aryl methyl sites for hydroxylation is 1. The molecule has 3 nitrogen and oxygen atoms in total. The Kier molecular flexibility index (Phi) is 3.74. The first-order valence-electron chi connectivity index (χ1n) is 3.89. The fourth-order valence-corrected chi connectivity index (χ4v) is 1.70.